The van der Waals surface area contributed by atoms with Crippen molar-refractivity contribution in [3.05, 3.63) is 29.8 Å². The second-order valence-corrected chi connectivity index (χ2v) is 5.77. The highest BCUT2D eigenvalue weighted by molar-refractivity contribution is 5.84. The number of hydrogen-bond donors (Lipinski definition) is 2. The largest absolute Gasteiger partial charge is 0.493 e. The summed E-state index contributed by atoms with van der Waals surface area (Å²) in [4.78, 5) is 12.3. The third-order valence-corrected chi connectivity index (χ3v) is 3.44. The molecule has 0 saturated heterocycles. The molecule has 0 bridgehead atoms. The zero-order valence-corrected chi connectivity index (χ0v) is 11.5. The number of para-hydroxylation sites is 1. The van der Waals surface area contributed by atoms with Gasteiger partial charge in [-0.25, -0.2) is 0 Å². The number of aliphatic hydroxyl groups is 1. The first-order chi connectivity index (χ1) is 9.03. The first-order valence-corrected chi connectivity index (χ1v) is 6.64. The lowest BCUT2D eigenvalue weighted by atomic mass is 9.91. The lowest BCUT2D eigenvalue weighted by Gasteiger charge is -2.27. The molecule has 1 aromatic rings. The quantitative estimate of drug-likeness (QED) is 0.869. The monoisotopic (exact) mass is 263 g/mol. The number of amides is 1. The maximum absolute atomic E-state index is 12.3. The molecule has 19 heavy (non-hydrogen) atoms. The number of hydrogen-bond acceptors (Lipinski definition) is 3. The van der Waals surface area contributed by atoms with Crippen molar-refractivity contribution in [2.45, 2.75) is 26.2 Å². The van der Waals surface area contributed by atoms with Crippen LogP contribution in [0.2, 0.25) is 0 Å². The molecule has 2 N–H and O–H groups in total. The molecule has 104 valence electrons. The summed E-state index contributed by atoms with van der Waals surface area (Å²) in [5.74, 6) is 0.659. The van der Waals surface area contributed by atoms with Crippen LogP contribution in [0.15, 0.2) is 24.3 Å². The van der Waals surface area contributed by atoms with Crippen LogP contribution >= 0.6 is 0 Å². The predicted molar refractivity (Wildman–Crippen MR) is 73.2 cm³/mol. The Kier molecular flexibility index (Phi) is 4.10. The molecule has 1 aliphatic heterocycles. The van der Waals surface area contributed by atoms with E-state index in [2.05, 4.69) is 5.32 Å². The average molecular weight is 263 g/mol. The zero-order valence-electron chi connectivity index (χ0n) is 11.5. The summed E-state index contributed by atoms with van der Waals surface area (Å²) in [5.41, 5.74) is 0.661. The molecule has 0 spiro atoms. The molecule has 4 heteroatoms. The third-order valence-electron chi connectivity index (χ3n) is 3.44. The SMILES string of the molecule is CC(C)(CO)CNC(=O)C1CCOc2ccccc21. The normalized spacial score (nSPS) is 18.4. The maximum Gasteiger partial charge on any atom is 0.227 e. The van der Waals surface area contributed by atoms with Crippen LogP contribution in [0.4, 0.5) is 0 Å². The van der Waals surface area contributed by atoms with Gasteiger partial charge >= 0.3 is 0 Å². The van der Waals surface area contributed by atoms with Crippen molar-refractivity contribution in [2.75, 3.05) is 19.8 Å². The molecule has 0 aromatic heterocycles. The second kappa shape index (κ2) is 5.61. The molecular formula is C15H21NO3. The number of rotatable bonds is 4. The van der Waals surface area contributed by atoms with Crippen LogP contribution in [0.3, 0.4) is 0 Å². The molecular weight excluding hydrogens is 242 g/mol. The van der Waals surface area contributed by atoms with Crippen LogP contribution in [0.25, 0.3) is 0 Å². The van der Waals surface area contributed by atoms with Crippen LogP contribution < -0.4 is 10.1 Å². The van der Waals surface area contributed by atoms with Crippen LogP contribution in [0.1, 0.15) is 31.7 Å². The van der Waals surface area contributed by atoms with Gasteiger partial charge in [0.15, 0.2) is 0 Å². The predicted octanol–water partition coefficient (Wildman–Crippen LogP) is 1.69. The summed E-state index contributed by atoms with van der Waals surface area (Å²) in [6, 6.07) is 7.67. The van der Waals surface area contributed by atoms with Crippen LogP contribution in [0.5, 0.6) is 5.75 Å². The van der Waals surface area contributed by atoms with Crippen LogP contribution in [-0.4, -0.2) is 30.8 Å². The van der Waals surface area contributed by atoms with Crippen LogP contribution in [0, 0.1) is 5.41 Å². The second-order valence-electron chi connectivity index (χ2n) is 5.77. The average Bonchev–Trinajstić information content (AvgIpc) is 2.44. The van der Waals surface area contributed by atoms with Gasteiger partial charge in [-0.3, -0.25) is 4.79 Å². The van der Waals surface area contributed by atoms with Crippen LogP contribution in [-0.2, 0) is 4.79 Å². The fourth-order valence-corrected chi connectivity index (χ4v) is 2.12. The molecule has 2 rings (SSSR count). The summed E-state index contributed by atoms with van der Waals surface area (Å²) in [6.45, 7) is 4.94. The smallest absolute Gasteiger partial charge is 0.227 e. The van der Waals surface area contributed by atoms with Gasteiger partial charge < -0.3 is 15.2 Å². The van der Waals surface area contributed by atoms with Crippen molar-refractivity contribution in [3.63, 3.8) is 0 Å². The summed E-state index contributed by atoms with van der Waals surface area (Å²) >= 11 is 0. The molecule has 0 fully saturated rings. The first-order valence-electron chi connectivity index (χ1n) is 6.64. The lowest BCUT2D eigenvalue weighted by molar-refractivity contribution is -0.123. The van der Waals surface area contributed by atoms with E-state index >= 15 is 0 Å². The van der Waals surface area contributed by atoms with Gasteiger partial charge in [0.25, 0.3) is 0 Å². The minimum absolute atomic E-state index is 0.0114. The number of carbonyl (C=O) groups is 1. The number of fused-ring (bicyclic) bond motifs is 1. The third kappa shape index (κ3) is 3.26. The van der Waals surface area contributed by atoms with E-state index in [9.17, 15) is 9.90 Å². The topological polar surface area (TPSA) is 58.6 Å². The number of aliphatic hydroxyl groups excluding tert-OH is 1. The van der Waals surface area contributed by atoms with Gasteiger partial charge in [0.05, 0.1) is 12.5 Å². The van der Waals surface area contributed by atoms with Crippen molar-refractivity contribution < 1.29 is 14.6 Å². The molecule has 1 aliphatic rings. The first kappa shape index (κ1) is 13.9. The molecule has 1 aromatic carbocycles. The van der Waals surface area contributed by atoms with E-state index in [1.54, 1.807) is 0 Å². The molecule has 1 unspecified atom stereocenters. The highest BCUT2D eigenvalue weighted by Crippen LogP contribution is 2.33. The van der Waals surface area contributed by atoms with Gasteiger partial charge in [0.1, 0.15) is 5.75 Å². The zero-order chi connectivity index (χ0) is 13.9. The molecule has 1 amide bonds. The highest BCUT2D eigenvalue weighted by Gasteiger charge is 2.28. The van der Waals surface area contributed by atoms with Gasteiger partial charge in [-0.15, -0.1) is 0 Å². The van der Waals surface area contributed by atoms with Crippen molar-refractivity contribution in [3.8, 4) is 5.75 Å². The number of benzene rings is 1. The van der Waals surface area contributed by atoms with E-state index in [4.69, 9.17) is 4.74 Å². The number of ether oxygens (including phenoxy) is 1. The Morgan fingerprint density at radius 1 is 1.47 bits per heavy atom. The molecule has 4 nitrogen and oxygen atoms in total. The van der Waals surface area contributed by atoms with Gasteiger partial charge in [-0.05, 0) is 12.5 Å². The van der Waals surface area contributed by atoms with Gasteiger partial charge in [-0.1, -0.05) is 32.0 Å². The number of nitrogens with one attached hydrogen (secondary N) is 1. The Bertz CT molecular complexity index is 456. The Balaban J connectivity index is 2.05. The molecule has 1 atom stereocenters. The van der Waals surface area contributed by atoms with Gasteiger partial charge in [-0.2, -0.15) is 0 Å². The highest BCUT2D eigenvalue weighted by atomic mass is 16.5. The van der Waals surface area contributed by atoms with Gasteiger partial charge in [0.2, 0.25) is 5.91 Å². The van der Waals surface area contributed by atoms with E-state index in [1.807, 2.05) is 38.1 Å². The van der Waals surface area contributed by atoms with E-state index in [-0.39, 0.29) is 23.8 Å². The molecule has 1 heterocycles. The molecule has 0 aliphatic carbocycles. The molecule has 0 radical (unpaired) electrons. The Labute approximate surface area is 113 Å². The minimum atomic E-state index is -0.291. The Morgan fingerprint density at radius 2 is 2.21 bits per heavy atom. The van der Waals surface area contributed by atoms with Crippen molar-refractivity contribution in [1.82, 2.24) is 5.32 Å². The lowest BCUT2D eigenvalue weighted by Crippen LogP contribution is -2.39. The molecule has 0 saturated carbocycles. The van der Waals surface area contributed by atoms with Gasteiger partial charge in [0, 0.05) is 24.1 Å². The van der Waals surface area contributed by atoms with E-state index in [0.29, 0.717) is 19.6 Å². The van der Waals surface area contributed by atoms with Crippen molar-refractivity contribution >= 4 is 5.91 Å². The van der Waals surface area contributed by atoms with Crippen molar-refractivity contribution in [2.24, 2.45) is 5.41 Å². The van der Waals surface area contributed by atoms with Crippen molar-refractivity contribution in [1.29, 1.82) is 0 Å². The summed E-state index contributed by atoms with van der Waals surface area (Å²) in [6.07, 6.45) is 0.697. The van der Waals surface area contributed by atoms with E-state index < -0.39 is 0 Å². The van der Waals surface area contributed by atoms with E-state index in [0.717, 1.165) is 11.3 Å². The summed E-state index contributed by atoms with van der Waals surface area (Å²) < 4.78 is 5.55. The summed E-state index contributed by atoms with van der Waals surface area (Å²) in [7, 11) is 0. The Hall–Kier alpha value is -1.55. The summed E-state index contributed by atoms with van der Waals surface area (Å²) in [5, 5.41) is 12.1. The number of carbonyl (C=O) groups excluding carboxylic acids is 1. The maximum atomic E-state index is 12.3. The Morgan fingerprint density at radius 3 is 2.95 bits per heavy atom. The fourth-order valence-electron chi connectivity index (χ4n) is 2.12. The minimum Gasteiger partial charge on any atom is -0.493 e. The standard InChI is InChI=1S/C15H21NO3/c1-15(2,10-17)9-16-14(18)12-7-8-19-13-6-4-3-5-11(12)13/h3-6,12,17H,7-10H2,1-2H3,(H,16,18). The fraction of sp³-hybridized carbons (Fsp3) is 0.533. The van der Waals surface area contributed by atoms with E-state index in [1.165, 1.54) is 0 Å².